The second-order valence-corrected chi connectivity index (χ2v) is 11.6. The maximum Gasteiger partial charge on any atom is 0.199 e. The summed E-state index contributed by atoms with van der Waals surface area (Å²) in [6, 6.07) is 16.3. The molecular formula is C33H36F3NO5. The molecule has 0 aromatic heterocycles. The highest BCUT2D eigenvalue weighted by atomic mass is 19.1. The monoisotopic (exact) mass is 583 g/mol. The Morgan fingerprint density at radius 1 is 0.976 bits per heavy atom. The smallest absolute Gasteiger partial charge is 0.199 e. The van der Waals surface area contributed by atoms with E-state index in [1.54, 1.807) is 25.1 Å². The topological polar surface area (TPSA) is 60.4 Å². The number of hydrogen-bond acceptors (Lipinski definition) is 6. The average Bonchev–Trinajstić information content (AvgIpc) is 2.97. The van der Waals surface area contributed by atoms with Gasteiger partial charge in [0.05, 0.1) is 24.8 Å². The van der Waals surface area contributed by atoms with Crippen LogP contribution < -0.4 is 14.2 Å². The lowest BCUT2D eigenvalue weighted by Gasteiger charge is -2.44. The van der Waals surface area contributed by atoms with Gasteiger partial charge in [0.15, 0.2) is 17.9 Å². The molecule has 0 aliphatic carbocycles. The number of rotatable bonds is 9. The molecule has 3 aliphatic rings. The first-order valence-electron chi connectivity index (χ1n) is 14.6. The quantitative estimate of drug-likeness (QED) is 0.320. The average molecular weight is 584 g/mol. The molecule has 224 valence electrons. The minimum atomic E-state index is -1.74. The van der Waals surface area contributed by atoms with E-state index in [0.29, 0.717) is 30.9 Å². The van der Waals surface area contributed by atoms with Gasteiger partial charge < -0.3 is 24.1 Å². The Bertz CT molecular complexity index is 1360. The zero-order valence-corrected chi connectivity index (χ0v) is 23.6. The number of fused-ring (bicyclic) bond motifs is 1. The SMILES string of the molecule is CC1(O)c2c(ccc(OC3CCCCO3)c2F)OC(c2ccc(OCCN3CC(CF)C3)cc2)C1c1ccc(F)cc1. The standard InChI is InChI=1S/C33H36F3NO5/c1-33(38)29(22-5-9-24(35)10-6-22)32(23-7-11-25(12-8-23)39-17-15-37-19-21(18-34)20-37)42-26-13-14-27(31(36)30(26)33)41-28-4-2-3-16-40-28/h5-14,21,28-29,32,38H,2-4,15-20H2,1H3. The van der Waals surface area contributed by atoms with Crippen LogP contribution in [-0.2, 0) is 10.3 Å². The van der Waals surface area contributed by atoms with Crippen LogP contribution in [0.2, 0.25) is 0 Å². The van der Waals surface area contributed by atoms with Crippen LogP contribution in [0.25, 0.3) is 0 Å². The number of alkyl halides is 1. The maximum atomic E-state index is 16.1. The summed E-state index contributed by atoms with van der Waals surface area (Å²) < 4.78 is 66.4. The molecule has 3 aromatic rings. The van der Waals surface area contributed by atoms with Gasteiger partial charge in [-0.2, -0.15) is 0 Å². The molecule has 2 fully saturated rings. The Hall–Kier alpha value is -3.27. The Morgan fingerprint density at radius 3 is 2.40 bits per heavy atom. The number of hydrogen-bond donors (Lipinski definition) is 1. The van der Waals surface area contributed by atoms with Gasteiger partial charge >= 0.3 is 0 Å². The summed E-state index contributed by atoms with van der Waals surface area (Å²) in [6.07, 6.45) is 1.25. The molecule has 0 amide bonds. The van der Waals surface area contributed by atoms with Gasteiger partial charge in [-0.15, -0.1) is 0 Å². The summed E-state index contributed by atoms with van der Waals surface area (Å²) in [7, 11) is 0. The van der Waals surface area contributed by atoms with Crippen LogP contribution in [0.5, 0.6) is 17.2 Å². The molecule has 0 spiro atoms. The van der Waals surface area contributed by atoms with Gasteiger partial charge in [0.25, 0.3) is 0 Å². The van der Waals surface area contributed by atoms with Crippen molar-refractivity contribution >= 4 is 0 Å². The van der Waals surface area contributed by atoms with Crippen molar-refractivity contribution < 1.29 is 37.2 Å². The summed E-state index contributed by atoms with van der Waals surface area (Å²) >= 11 is 0. The third kappa shape index (κ3) is 5.82. The van der Waals surface area contributed by atoms with Gasteiger partial charge in [-0.05, 0) is 67.3 Å². The van der Waals surface area contributed by atoms with Gasteiger partial charge in [0.1, 0.15) is 35.6 Å². The van der Waals surface area contributed by atoms with Crippen LogP contribution in [-0.4, -0.2) is 55.8 Å². The lowest BCUT2D eigenvalue weighted by Crippen LogP contribution is -2.49. The second kappa shape index (κ2) is 12.1. The first-order valence-corrected chi connectivity index (χ1v) is 14.6. The second-order valence-electron chi connectivity index (χ2n) is 11.6. The first-order chi connectivity index (χ1) is 20.3. The van der Waals surface area contributed by atoms with E-state index in [4.69, 9.17) is 18.9 Å². The van der Waals surface area contributed by atoms with Crippen LogP contribution in [0, 0.1) is 17.6 Å². The third-order valence-electron chi connectivity index (χ3n) is 8.50. The van der Waals surface area contributed by atoms with Crippen LogP contribution >= 0.6 is 0 Å². The molecule has 0 radical (unpaired) electrons. The highest BCUT2D eigenvalue weighted by Crippen LogP contribution is 2.55. The lowest BCUT2D eigenvalue weighted by molar-refractivity contribution is -0.108. The molecule has 6 rings (SSSR count). The van der Waals surface area contributed by atoms with E-state index >= 15 is 4.39 Å². The molecule has 4 unspecified atom stereocenters. The fraction of sp³-hybridized carbons (Fsp3) is 0.455. The number of ether oxygens (including phenoxy) is 4. The van der Waals surface area contributed by atoms with Crippen LogP contribution in [0.4, 0.5) is 13.2 Å². The highest BCUT2D eigenvalue weighted by molar-refractivity contribution is 5.51. The van der Waals surface area contributed by atoms with E-state index in [2.05, 4.69) is 4.90 Å². The summed E-state index contributed by atoms with van der Waals surface area (Å²) in [5.74, 6) is -0.902. The molecule has 2 saturated heterocycles. The molecule has 3 aliphatic heterocycles. The Morgan fingerprint density at radius 2 is 1.71 bits per heavy atom. The summed E-state index contributed by atoms with van der Waals surface area (Å²) in [5, 5.41) is 12.1. The van der Waals surface area contributed by atoms with Crippen molar-refractivity contribution in [2.24, 2.45) is 5.92 Å². The number of aliphatic hydroxyl groups is 1. The van der Waals surface area contributed by atoms with E-state index in [1.165, 1.54) is 18.2 Å². The van der Waals surface area contributed by atoms with Gasteiger partial charge in [-0.3, -0.25) is 9.29 Å². The minimum Gasteiger partial charge on any atom is -0.492 e. The van der Waals surface area contributed by atoms with Crippen LogP contribution in [0.15, 0.2) is 60.7 Å². The zero-order chi connectivity index (χ0) is 29.3. The van der Waals surface area contributed by atoms with Gasteiger partial charge in [0.2, 0.25) is 0 Å². The van der Waals surface area contributed by atoms with Gasteiger partial charge in [-0.25, -0.2) is 8.78 Å². The van der Waals surface area contributed by atoms with E-state index in [9.17, 15) is 13.9 Å². The van der Waals surface area contributed by atoms with Gasteiger partial charge in [-0.1, -0.05) is 24.3 Å². The van der Waals surface area contributed by atoms with Crippen molar-refractivity contribution in [2.45, 2.75) is 50.1 Å². The predicted octanol–water partition coefficient (Wildman–Crippen LogP) is 6.28. The Balaban J connectivity index is 1.27. The number of nitrogens with zero attached hydrogens (tertiary/aromatic N) is 1. The van der Waals surface area contributed by atoms with Gasteiger partial charge in [0, 0.05) is 32.0 Å². The van der Waals surface area contributed by atoms with Crippen molar-refractivity contribution in [1.82, 2.24) is 4.90 Å². The first kappa shape index (κ1) is 28.8. The lowest BCUT2D eigenvalue weighted by atomic mass is 9.71. The fourth-order valence-corrected chi connectivity index (χ4v) is 6.23. The van der Waals surface area contributed by atoms with Crippen molar-refractivity contribution in [2.75, 3.05) is 39.5 Å². The Kier molecular flexibility index (Phi) is 8.34. The molecule has 0 saturated carbocycles. The maximum absolute atomic E-state index is 16.1. The molecular weight excluding hydrogens is 547 g/mol. The van der Waals surface area contributed by atoms with E-state index < -0.39 is 35.5 Å². The largest absolute Gasteiger partial charge is 0.492 e. The van der Waals surface area contributed by atoms with Crippen molar-refractivity contribution in [1.29, 1.82) is 0 Å². The molecule has 0 bridgehead atoms. The van der Waals surface area contributed by atoms with E-state index in [-0.39, 0.29) is 29.7 Å². The molecule has 1 N–H and O–H groups in total. The number of halogens is 3. The zero-order valence-electron chi connectivity index (χ0n) is 23.6. The van der Waals surface area contributed by atoms with Crippen LogP contribution in [0.1, 0.15) is 54.9 Å². The number of likely N-dealkylation sites (tertiary alicyclic amines) is 1. The molecule has 3 aromatic carbocycles. The summed E-state index contributed by atoms with van der Waals surface area (Å²) in [6.45, 7) is 4.54. The highest BCUT2D eigenvalue weighted by Gasteiger charge is 2.50. The molecule has 3 heterocycles. The molecule has 4 atom stereocenters. The predicted molar refractivity (Wildman–Crippen MR) is 151 cm³/mol. The van der Waals surface area contributed by atoms with Crippen molar-refractivity contribution in [3.63, 3.8) is 0 Å². The van der Waals surface area contributed by atoms with Crippen molar-refractivity contribution in [3.05, 3.63) is 89.0 Å². The van der Waals surface area contributed by atoms with Crippen LogP contribution in [0.3, 0.4) is 0 Å². The number of benzene rings is 3. The van der Waals surface area contributed by atoms with E-state index in [0.717, 1.165) is 38.0 Å². The molecule has 6 nitrogen and oxygen atoms in total. The fourth-order valence-electron chi connectivity index (χ4n) is 6.23. The van der Waals surface area contributed by atoms with Crippen molar-refractivity contribution in [3.8, 4) is 17.2 Å². The Labute approximate surface area is 244 Å². The molecule has 9 heteroatoms. The van der Waals surface area contributed by atoms with E-state index in [1.807, 2.05) is 24.3 Å². The third-order valence-corrected chi connectivity index (χ3v) is 8.50. The summed E-state index contributed by atoms with van der Waals surface area (Å²) in [4.78, 5) is 2.15. The normalized spacial score (nSPS) is 26.2. The summed E-state index contributed by atoms with van der Waals surface area (Å²) in [5.41, 5.74) is -0.411. The molecule has 42 heavy (non-hydrogen) atoms. The minimum absolute atomic E-state index is 0.0117.